The van der Waals surface area contributed by atoms with Crippen molar-refractivity contribution in [2.75, 3.05) is 33.9 Å². The monoisotopic (exact) mass is 440 g/mol. The SMILES string of the molecule is COC(=O)C1COC(=O)N1C1CCN(S(=O)(=O)c2c(C)cc(OC)c(C)c2C)CC1. The third-order valence-electron chi connectivity index (χ3n) is 6.00. The van der Waals surface area contributed by atoms with Crippen molar-refractivity contribution in [1.82, 2.24) is 9.21 Å². The number of piperidine rings is 1. The number of amides is 1. The Balaban J connectivity index is 1.80. The summed E-state index contributed by atoms with van der Waals surface area (Å²) >= 11 is 0. The molecule has 2 saturated heterocycles. The minimum atomic E-state index is -3.71. The van der Waals surface area contributed by atoms with Gasteiger partial charge >= 0.3 is 12.1 Å². The second-order valence-electron chi connectivity index (χ2n) is 7.63. The number of carbonyl (C=O) groups excluding carboxylic acids is 2. The van der Waals surface area contributed by atoms with E-state index in [1.165, 1.54) is 16.3 Å². The van der Waals surface area contributed by atoms with Gasteiger partial charge in [-0.05, 0) is 56.4 Å². The molecular formula is C20H28N2O7S. The van der Waals surface area contributed by atoms with Crippen LogP contribution in [0.5, 0.6) is 5.75 Å². The highest BCUT2D eigenvalue weighted by Gasteiger charge is 2.45. The van der Waals surface area contributed by atoms with E-state index in [1.807, 2.05) is 6.92 Å². The second kappa shape index (κ2) is 8.43. The summed E-state index contributed by atoms with van der Waals surface area (Å²) in [6.45, 7) is 5.82. The topological polar surface area (TPSA) is 102 Å². The highest BCUT2D eigenvalue weighted by molar-refractivity contribution is 7.89. The minimum absolute atomic E-state index is 0.0481. The number of benzene rings is 1. The highest BCUT2D eigenvalue weighted by Crippen LogP contribution is 2.34. The molecule has 9 nitrogen and oxygen atoms in total. The molecule has 0 radical (unpaired) electrons. The number of sulfonamides is 1. The Bertz CT molecular complexity index is 952. The molecule has 0 spiro atoms. The average molecular weight is 441 g/mol. The summed E-state index contributed by atoms with van der Waals surface area (Å²) < 4.78 is 43.4. The molecule has 10 heteroatoms. The van der Waals surface area contributed by atoms with E-state index in [-0.39, 0.29) is 25.7 Å². The van der Waals surface area contributed by atoms with Crippen molar-refractivity contribution in [3.63, 3.8) is 0 Å². The Labute approximate surface area is 176 Å². The normalized spacial score (nSPS) is 20.9. The first-order chi connectivity index (χ1) is 14.1. The lowest BCUT2D eigenvalue weighted by atomic mass is 10.0. The van der Waals surface area contributed by atoms with Crippen LogP contribution >= 0.6 is 0 Å². The van der Waals surface area contributed by atoms with Crippen molar-refractivity contribution >= 4 is 22.1 Å². The van der Waals surface area contributed by atoms with E-state index in [0.29, 0.717) is 34.6 Å². The Kier molecular flexibility index (Phi) is 6.28. The Morgan fingerprint density at radius 3 is 2.33 bits per heavy atom. The van der Waals surface area contributed by atoms with Crippen LogP contribution in [-0.2, 0) is 24.3 Å². The number of aryl methyl sites for hydroxylation is 1. The quantitative estimate of drug-likeness (QED) is 0.643. The molecule has 166 valence electrons. The Hall–Kier alpha value is -2.33. The van der Waals surface area contributed by atoms with Crippen LogP contribution in [0.25, 0.3) is 0 Å². The fourth-order valence-corrected chi connectivity index (χ4v) is 6.23. The maximum atomic E-state index is 13.4. The van der Waals surface area contributed by atoms with E-state index >= 15 is 0 Å². The molecule has 1 atom stereocenters. The molecule has 1 unspecified atom stereocenters. The van der Waals surface area contributed by atoms with Crippen LogP contribution in [0.2, 0.25) is 0 Å². The van der Waals surface area contributed by atoms with Crippen LogP contribution in [0.3, 0.4) is 0 Å². The standard InChI is InChI=1S/C20H28N2O7S/c1-12-10-17(27-4)13(2)14(3)18(12)30(25,26)21-8-6-15(7-9-21)22-16(19(23)28-5)11-29-20(22)24/h10,15-16H,6-9,11H2,1-5H3. The fraction of sp³-hybridized carbons (Fsp3) is 0.600. The van der Waals surface area contributed by atoms with E-state index in [2.05, 4.69) is 0 Å². The average Bonchev–Trinajstić information content (AvgIpc) is 3.11. The number of esters is 1. The molecule has 0 saturated carbocycles. The van der Waals surface area contributed by atoms with Gasteiger partial charge in [0.1, 0.15) is 12.4 Å². The van der Waals surface area contributed by atoms with Gasteiger partial charge in [-0.15, -0.1) is 0 Å². The van der Waals surface area contributed by atoms with Crippen LogP contribution in [0.1, 0.15) is 29.5 Å². The lowest BCUT2D eigenvalue weighted by Gasteiger charge is -2.37. The van der Waals surface area contributed by atoms with Gasteiger partial charge in [-0.3, -0.25) is 4.90 Å². The third kappa shape index (κ3) is 3.74. The molecular weight excluding hydrogens is 412 g/mol. The van der Waals surface area contributed by atoms with Crippen LogP contribution in [-0.4, -0.2) is 75.7 Å². The zero-order valence-corrected chi connectivity index (χ0v) is 18.7. The van der Waals surface area contributed by atoms with Crippen LogP contribution < -0.4 is 4.74 Å². The molecule has 1 aromatic rings. The van der Waals surface area contributed by atoms with Gasteiger partial charge in [0.2, 0.25) is 10.0 Å². The molecule has 0 aromatic heterocycles. The van der Waals surface area contributed by atoms with Crippen LogP contribution in [0.15, 0.2) is 11.0 Å². The van der Waals surface area contributed by atoms with Crippen LogP contribution in [0.4, 0.5) is 4.79 Å². The molecule has 2 aliphatic heterocycles. The van der Waals surface area contributed by atoms with Crippen molar-refractivity contribution in [3.8, 4) is 5.75 Å². The van der Waals surface area contributed by atoms with Crippen molar-refractivity contribution < 1.29 is 32.2 Å². The molecule has 2 heterocycles. The van der Waals surface area contributed by atoms with Crippen molar-refractivity contribution in [2.24, 2.45) is 0 Å². The van der Waals surface area contributed by atoms with Crippen molar-refractivity contribution in [2.45, 2.75) is 50.6 Å². The summed E-state index contributed by atoms with van der Waals surface area (Å²) in [5.74, 6) is 0.125. The Morgan fingerprint density at radius 2 is 1.77 bits per heavy atom. The highest BCUT2D eigenvalue weighted by atomic mass is 32.2. The van der Waals surface area contributed by atoms with Gasteiger partial charge in [0.25, 0.3) is 0 Å². The summed E-state index contributed by atoms with van der Waals surface area (Å²) in [5, 5.41) is 0. The number of ether oxygens (including phenoxy) is 3. The first-order valence-electron chi connectivity index (χ1n) is 9.81. The molecule has 0 N–H and O–H groups in total. The summed E-state index contributed by atoms with van der Waals surface area (Å²) in [4.78, 5) is 25.8. The van der Waals surface area contributed by atoms with E-state index in [1.54, 1.807) is 27.0 Å². The summed E-state index contributed by atoms with van der Waals surface area (Å²) in [6.07, 6.45) is 0.258. The molecule has 2 fully saturated rings. The van der Waals surface area contributed by atoms with E-state index in [4.69, 9.17) is 14.2 Å². The number of hydrogen-bond acceptors (Lipinski definition) is 7. The zero-order valence-electron chi connectivity index (χ0n) is 17.9. The van der Waals surface area contributed by atoms with Gasteiger partial charge in [0, 0.05) is 19.1 Å². The van der Waals surface area contributed by atoms with E-state index < -0.39 is 28.1 Å². The number of cyclic esters (lactones) is 1. The predicted octanol–water partition coefficient (Wildman–Crippen LogP) is 1.77. The first-order valence-corrected chi connectivity index (χ1v) is 11.2. The lowest BCUT2D eigenvalue weighted by molar-refractivity contribution is -0.145. The molecule has 3 rings (SSSR count). The van der Waals surface area contributed by atoms with Gasteiger partial charge < -0.3 is 14.2 Å². The van der Waals surface area contributed by atoms with Gasteiger partial charge in [-0.1, -0.05) is 0 Å². The van der Waals surface area contributed by atoms with Crippen molar-refractivity contribution in [3.05, 3.63) is 22.8 Å². The number of carbonyl (C=O) groups is 2. The van der Waals surface area contributed by atoms with Gasteiger partial charge in [-0.25, -0.2) is 18.0 Å². The lowest BCUT2D eigenvalue weighted by Crippen LogP contribution is -2.52. The van der Waals surface area contributed by atoms with Crippen molar-refractivity contribution in [1.29, 1.82) is 0 Å². The van der Waals surface area contributed by atoms with Gasteiger partial charge in [-0.2, -0.15) is 4.31 Å². The maximum Gasteiger partial charge on any atom is 0.410 e. The molecule has 0 bridgehead atoms. The largest absolute Gasteiger partial charge is 0.496 e. The number of hydrogen-bond donors (Lipinski definition) is 0. The Morgan fingerprint density at radius 1 is 1.13 bits per heavy atom. The van der Waals surface area contributed by atoms with E-state index in [9.17, 15) is 18.0 Å². The molecule has 30 heavy (non-hydrogen) atoms. The summed E-state index contributed by atoms with van der Waals surface area (Å²) in [7, 11) is -0.890. The molecule has 1 aromatic carbocycles. The number of rotatable bonds is 5. The first kappa shape index (κ1) is 22.4. The van der Waals surface area contributed by atoms with Crippen LogP contribution in [0, 0.1) is 20.8 Å². The fourth-order valence-electron chi connectivity index (χ4n) is 4.27. The third-order valence-corrected chi connectivity index (χ3v) is 8.19. The predicted molar refractivity (Wildman–Crippen MR) is 108 cm³/mol. The molecule has 2 aliphatic rings. The van der Waals surface area contributed by atoms with E-state index in [0.717, 1.165) is 5.56 Å². The summed E-state index contributed by atoms with van der Waals surface area (Å²) in [5.41, 5.74) is 2.09. The van der Waals surface area contributed by atoms with Gasteiger partial charge in [0.15, 0.2) is 6.04 Å². The molecule has 1 amide bonds. The molecule has 0 aliphatic carbocycles. The minimum Gasteiger partial charge on any atom is -0.496 e. The smallest absolute Gasteiger partial charge is 0.410 e. The maximum absolute atomic E-state index is 13.4. The number of methoxy groups -OCH3 is 2. The second-order valence-corrected chi connectivity index (χ2v) is 9.51. The number of nitrogens with zero attached hydrogens (tertiary/aromatic N) is 2. The zero-order chi connectivity index (χ0) is 22.2. The van der Waals surface area contributed by atoms with Gasteiger partial charge in [0.05, 0.1) is 19.1 Å². The summed E-state index contributed by atoms with van der Waals surface area (Å²) in [6, 6.07) is 0.670.